The number of halogens is 3. The maximum absolute atomic E-state index is 13.0. The molecule has 0 fully saturated rings. The summed E-state index contributed by atoms with van der Waals surface area (Å²) < 4.78 is 40.3. The van der Waals surface area contributed by atoms with E-state index in [-0.39, 0.29) is 25.1 Å². The highest BCUT2D eigenvalue weighted by Crippen LogP contribution is 2.32. The van der Waals surface area contributed by atoms with Crippen molar-refractivity contribution in [1.82, 2.24) is 9.78 Å². The molecule has 2 rings (SSSR count). The largest absolute Gasteiger partial charge is 0.435 e. The van der Waals surface area contributed by atoms with Gasteiger partial charge in [0.05, 0.1) is 18.0 Å². The van der Waals surface area contributed by atoms with E-state index in [4.69, 9.17) is 5.11 Å². The smallest absolute Gasteiger partial charge is 0.396 e. The molecule has 0 bridgehead atoms. The third-order valence-electron chi connectivity index (χ3n) is 3.79. The van der Waals surface area contributed by atoms with Crippen molar-refractivity contribution < 1.29 is 18.3 Å². The summed E-state index contributed by atoms with van der Waals surface area (Å²) in [6, 6.07) is 9.33. The third kappa shape index (κ3) is 3.77. The first-order valence-corrected chi connectivity index (χ1v) is 7.43. The van der Waals surface area contributed by atoms with E-state index in [0.29, 0.717) is 0 Å². The number of nitriles is 1. The van der Waals surface area contributed by atoms with E-state index in [0.717, 1.165) is 11.1 Å². The van der Waals surface area contributed by atoms with Crippen molar-refractivity contribution in [2.24, 2.45) is 0 Å². The summed E-state index contributed by atoms with van der Waals surface area (Å²) in [4.78, 5) is 0. The molecule has 0 radical (unpaired) electrons. The zero-order chi connectivity index (χ0) is 18.0. The molecule has 0 unspecified atom stereocenters. The summed E-state index contributed by atoms with van der Waals surface area (Å²) in [6.45, 7) is 3.25. The molecule has 128 valence electrons. The average Bonchev–Trinajstić information content (AvgIpc) is 2.91. The molecule has 1 aromatic carbocycles. The van der Waals surface area contributed by atoms with Crippen LogP contribution in [0.2, 0.25) is 0 Å². The maximum atomic E-state index is 13.0. The van der Waals surface area contributed by atoms with Crippen LogP contribution in [0.1, 0.15) is 36.2 Å². The van der Waals surface area contributed by atoms with E-state index < -0.39 is 17.3 Å². The van der Waals surface area contributed by atoms with Gasteiger partial charge < -0.3 is 5.11 Å². The highest BCUT2D eigenvalue weighted by molar-refractivity contribution is 5.38. The Morgan fingerprint density at radius 2 is 1.88 bits per heavy atom. The molecule has 0 amide bonds. The van der Waals surface area contributed by atoms with E-state index in [1.165, 1.54) is 10.9 Å². The van der Waals surface area contributed by atoms with Gasteiger partial charge in [0.25, 0.3) is 0 Å². The lowest BCUT2D eigenvalue weighted by Gasteiger charge is -2.20. The first-order chi connectivity index (χ1) is 11.2. The van der Waals surface area contributed by atoms with Crippen molar-refractivity contribution >= 4 is 0 Å². The van der Waals surface area contributed by atoms with Crippen LogP contribution in [0.4, 0.5) is 13.2 Å². The molecule has 0 atom stereocenters. The Hall–Kier alpha value is -2.33. The summed E-state index contributed by atoms with van der Waals surface area (Å²) in [6.07, 6.45) is -3.38. The quantitative estimate of drug-likeness (QED) is 0.911. The molecule has 1 aromatic heterocycles. The van der Waals surface area contributed by atoms with Crippen LogP contribution in [0.5, 0.6) is 0 Å². The van der Waals surface area contributed by atoms with Gasteiger partial charge in [0, 0.05) is 18.4 Å². The van der Waals surface area contributed by atoms with E-state index in [1.807, 2.05) is 0 Å². The first kappa shape index (κ1) is 18.0. The standard InChI is InChI=1S/C17H18F3N3O/c1-16(2,11-21)14-6-4-3-5-12(14)9-23-10-13(7-8-24)15(22-23)17(18,19)20/h3-6,10,24H,7-9H2,1-2H3. The molecule has 1 heterocycles. The SMILES string of the molecule is CC(C)(C#N)c1ccccc1Cn1cc(CCO)c(C(F)(F)F)n1. The van der Waals surface area contributed by atoms with Gasteiger partial charge in [0.15, 0.2) is 5.69 Å². The minimum Gasteiger partial charge on any atom is -0.396 e. The number of alkyl halides is 3. The number of rotatable bonds is 5. The van der Waals surface area contributed by atoms with Gasteiger partial charge in [0.1, 0.15) is 0 Å². The van der Waals surface area contributed by atoms with Gasteiger partial charge in [-0.05, 0) is 31.4 Å². The third-order valence-corrected chi connectivity index (χ3v) is 3.79. The van der Waals surface area contributed by atoms with Gasteiger partial charge in [-0.15, -0.1) is 0 Å². The van der Waals surface area contributed by atoms with Crippen LogP contribution in [0, 0.1) is 11.3 Å². The lowest BCUT2D eigenvalue weighted by Crippen LogP contribution is -2.18. The van der Waals surface area contributed by atoms with Gasteiger partial charge in [-0.2, -0.15) is 23.5 Å². The van der Waals surface area contributed by atoms with Gasteiger partial charge in [-0.1, -0.05) is 24.3 Å². The Morgan fingerprint density at radius 1 is 1.21 bits per heavy atom. The monoisotopic (exact) mass is 337 g/mol. The number of hydrogen-bond donors (Lipinski definition) is 1. The Balaban J connectivity index is 2.42. The molecule has 0 aliphatic rings. The summed E-state index contributed by atoms with van der Waals surface area (Å²) in [5.74, 6) is 0. The predicted molar refractivity (Wildman–Crippen MR) is 82.2 cm³/mol. The molecule has 0 aliphatic heterocycles. The van der Waals surface area contributed by atoms with Crippen LogP contribution in [0.25, 0.3) is 0 Å². The topological polar surface area (TPSA) is 61.8 Å². The van der Waals surface area contributed by atoms with Gasteiger partial charge in [-0.3, -0.25) is 4.68 Å². The lowest BCUT2D eigenvalue weighted by molar-refractivity contribution is -0.142. The Labute approximate surface area is 138 Å². The van der Waals surface area contributed by atoms with Crippen molar-refractivity contribution in [1.29, 1.82) is 5.26 Å². The fourth-order valence-electron chi connectivity index (χ4n) is 2.59. The van der Waals surface area contributed by atoms with Crippen molar-refractivity contribution in [3.63, 3.8) is 0 Å². The number of nitrogens with zero attached hydrogens (tertiary/aromatic N) is 3. The molecule has 0 saturated carbocycles. The second-order valence-corrected chi connectivity index (χ2v) is 6.07. The van der Waals surface area contributed by atoms with Crippen molar-refractivity contribution in [2.75, 3.05) is 6.61 Å². The van der Waals surface area contributed by atoms with Crippen LogP contribution in [0.3, 0.4) is 0 Å². The van der Waals surface area contributed by atoms with Crippen molar-refractivity contribution in [3.8, 4) is 6.07 Å². The molecule has 7 heteroatoms. The molecule has 1 N–H and O–H groups in total. The summed E-state index contributed by atoms with van der Waals surface area (Å²) in [5.41, 5.74) is -0.295. The number of aliphatic hydroxyl groups is 1. The molecule has 0 saturated heterocycles. The van der Waals surface area contributed by atoms with E-state index in [9.17, 15) is 18.4 Å². The van der Waals surface area contributed by atoms with Crippen LogP contribution >= 0.6 is 0 Å². The highest BCUT2D eigenvalue weighted by Gasteiger charge is 2.37. The molecule has 0 aliphatic carbocycles. The lowest BCUT2D eigenvalue weighted by atomic mass is 9.83. The predicted octanol–water partition coefficient (Wildman–Crippen LogP) is 3.29. The normalized spacial score (nSPS) is 12.2. The maximum Gasteiger partial charge on any atom is 0.435 e. The van der Waals surface area contributed by atoms with Crippen LogP contribution in [-0.4, -0.2) is 21.5 Å². The van der Waals surface area contributed by atoms with Crippen molar-refractivity contribution in [3.05, 3.63) is 52.8 Å². The van der Waals surface area contributed by atoms with E-state index >= 15 is 0 Å². The molecule has 4 nitrogen and oxygen atoms in total. The molecular weight excluding hydrogens is 319 g/mol. The summed E-state index contributed by atoms with van der Waals surface area (Å²) in [5, 5.41) is 21.9. The number of hydrogen-bond acceptors (Lipinski definition) is 3. The van der Waals surface area contributed by atoms with Gasteiger partial charge in [-0.25, -0.2) is 0 Å². The zero-order valence-corrected chi connectivity index (χ0v) is 13.4. The Morgan fingerprint density at radius 3 is 2.46 bits per heavy atom. The number of aliphatic hydroxyl groups excluding tert-OH is 1. The fourth-order valence-corrected chi connectivity index (χ4v) is 2.59. The van der Waals surface area contributed by atoms with Crippen LogP contribution in [-0.2, 0) is 24.6 Å². The summed E-state index contributed by atoms with van der Waals surface area (Å²) >= 11 is 0. The van der Waals surface area contributed by atoms with E-state index in [1.54, 1.807) is 38.1 Å². The van der Waals surface area contributed by atoms with E-state index in [2.05, 4.69) is 11.2 Å². The van der Waals surface area contributed by atoms with Crippen LogP contribution < -0.4 is 0 Å². The average molecular weight is 337 g/mol. The first-order valence-electron chi connectivity index (χ1n) is 7.43. The zero-order valence-electron chi connectivity index (χ0n) is 13.4. The minimum atomic E-state index is -4.57. The number of benzene rings is 1. The Kier molecular flexibility index (Phi) is 4.99. The minimum absolute atomic E-state index is 0.0398. The number of aromatic nitrogens is 2. The second kappa shape index (κ2) is 6.65. The molecular formula is C17H18F3N3O. The van der Waals surface area contributed by atoms with Gasteiger partial charge >= 0.3 is 6.18 Å². The van der Waals surface area contributed by atoms with Gasteiger partial charge in [0.2, 0.25) is 0 Å². The Bertz CT molecular complexity index is 757. The molecule has 2 aromatic rings. The van der Waals surface area contributed by atoms with Crippen molar-refractivity contribution in [2.45, 2.75) is 38.4 Å². The highest BCUT2D eigenvalue weighted by atomic mass is 19.4. The van der Waals surface area contributed by atoms with Crippen LogP contribution in [0.15, 0.2) is 30.5 Å². The molecule has 24 heavy (non-hydrogen) atoms. The molecule has 0 spiro atoms. The second-order valence-electron chi connectivity index (χ2n) is 6.07. The summed E-state index contributed by atoms with van der Waals surface area (Å²) in [7, 11) is 0. The fraction of sp³-hybridized carbons (Fsp3) is 0.412.